The van der Waals surface area contributed by atoms with Gasteiger partial charge in [-0.1, -0.05) is 28.1 Å². The molecule has 104 valence electrons. The smallest absolute Gasteiger partial charge is 0.218 e. The third kappa shape index (κ3) is 3.88. The maximum atomic E-state index is 11.7. The molecule has 1 aliphatic heterocycles. The van der Waals surface area contributed by atoms with Crippen molar-refractivity contribution in [1.82, 2.24) is 4.72 Å². The summed E-state index contributed by atoms with van der Waals surface area (Å²) in [6, 6.07) is 3.82. The van der Waals surface area contributed by atoms with E-state index in [0.717, 1.165) is 27.8 Å². The van der Waals surface area contributed by atoms with Crippen LogP contribution in [0.4, 0.5) is 0 Å². The average Bonchev–Trinajstić information content (AvgIpc) is 2.71. The molecular weight excluding hydrogens is 352 g/mol. The zero-order valence-corrected chi connectivity index (χ0v) is 13.2. The van der Waals surface area contributed by atoms with Gasteiger partial charge in [-0.3, -0.25) is 0 Å². The summed E-state index contributed by atoms with van der Waals surface area (Å²) >= 11 is 8.00. The average molecular weight is 365 g/mol. The molecule has 0 radical (unpaired) electrons. The van der Waals surface area contributed by atoms with E-state index in [4.69, 9.17) is 10.5 Å². The number of sulfonamides is 1. The Morgan fingerprint density at radius 3 is 2.95 bits per heavy atom. The molecule has 0 spiro atoms. The fraction of sp³-hybridized carbons (Fsp3) is 0.364. The van der Waals surface area contributed by atoms with Crippen LogP contribution in [0.3, 0.4) is 0 Å². The molecule has 2 rings (SSSR count). The van der Waals surface area contributed by atoms with Crippen molar-refractivity contribution in [2.45, 2.75) is 13.0 Å². The molecule has 8 heteroatoms. The van der Waals surface area contributed by atoms with Gasteiger partial charge in [-0.2, -0.15) is 0 Å². The van der Waals surface area contributed by atoms with E-state index < -0.39 is 10.0 Å². The standard InChI is InChI=1S/C11H13BrN2O3S2/c12-9-3-7-1-2-17-11(7)8(4-9)5-14-19(15,16)6-10(13)18/h3-4,14H,1-2,5-6H2,(H2,13,18). The quantitative estimate of drug-likeness (QED) is 0.764. The molecule has 0 saturated carbocycles. The highest BCUT2D eigenvalue weighted by Crippen LogP contribution is 2.32. The second-order valence-electron chi connectivity index (χ2n) is 4.20. The zero-order chi connectivity index (χ0) is 14.0. The Kier molecular flexibility index (Phi) is 4.44. The summed E-state index contributed by atoms with van der Waals surface area (Å²) < 4.78 is 32.2. The Hall–Kier alpha value is -0.700. The van der Waals surface area contributed by atoms with Gasteiger partial charge in [-0.15, -0.1) is 0 Å². The van der Waals surface area contributed by atoms with Crippen molar-refractivity contribution in [3.05, 3.63) is 27.7 Å². The second kappa shape index (κ2) is 5.74. The third-order valence-corrected chi connectivity index (χ3v) is 4.70. The van der Waals surface area contributed by atoms with E-state index >= 15 is 0 Å². The molecule has 1 aromatic rings. The predicted molar refractivity (Wildman–Crippen MR) is 80.8 cm³/mol. The number of rotatable bonds is 5. The summed E-state index contributed by atoms with van der Waals surface area (Å²) in [4.78, 5) is -0.0526. The molecule has 0 fully saturated rings. The summed E-state index contributed by atoms with van der Waals surface area (Å²) in [5.74, 6) is 0.417. The highest BCUT2D eigenvalue weighted by Gasteiger charge is 2.19. The van der Waals surface area contributed by atoms with Crippen LogP contribution < -0.4 is 15.2 Å². The van der Waals surface area contributed by atoms with Crippen LogP contribution >= 0.6 is 28.1 Å². The molecule has 0 aromatic heterocycles. The zero-order valence-electron chi connectivity index (χ0n) is 9.98. The van der Waals surface area contributed by atoms with Gasteiger partial charge in [-0.25, -0.2) is 13.1 Å². The van der Waals surface area contributed by atoms with Gasteiger partial charge in [0.15, 0.2) is 0 Å². The molecule has 0 amide bonds. The first-order chi connectivity index (χ1) is 8.87. The number of hydrogen-bond donors (Lipinski definition) is 2. The van der Waals surface area contributed by atoms with E-state index in [1.54, 1.807) is 0 Å². The van der Waals surface area contributed by atoms with Gasteiger partial charge >= 0.3 is 0 Å². The fourth-order valence-corrected chi connectivity index (χ4v) is 3.77. The molecule has 1 aromatic carbocycles. The summed E-state index contributed by atoms with van der Waals surface area (Å²) in [6.07, 6.45) is 0.835. The number of thiocarbonyl (C=S) groups is 1. The molecular formula is C11H13BrN2O3S2. The van der Waals surface area contributed by atoms with Crippen LogP contribution in [0.15, 0.2) is 16.6 Å². The van der Waals surface area contributed by atoms with E-state index in [1.807, 2.05) is 12.1 Å². The number of hydrogen-bond acceptors (Lipinski definition) is 4. The van der Waals surface area contributed by atoms with Crippen LogP contribution in [-0.4, -0.2) is 25.8 Å². The number of benzene rings is 1. The van der Waals surface area contributed by atoms with Crippen LogP contribution in [0.25, 0.3) is 0 Å². The van der Waals surface area contributed by atoms with E-state index in [-0.39, 0.29) is 17.3 Å². The number of halogens is 1. The molecule has 1 aliphatic rings. The second-order valence-corrected chi connectivity index (χ2v) is 7.45. The Labute approximate surface area is 125 Å². The van der Waals surface area contributed by atoms with E-state index in [1.165, 1.54) is 0 Å². The first kappa shape index (κ1) is 14.7. The number of ether oxygens (including phenoxy) is 1. The number of nitrogens with one attached hydrogen (secondary N) is 1. The van der Waals surface area contributed by atoms with Crippen molar-refractivity contribution in [3.8, 4) is 5.75 Å². The molecule has 1 heterocycles. The van der Waals surface area contributed by atoms with Crippen molar-refractivity contribution in [2.24, 2.45) is 5.73 Å². The van der Waals surface area contributed by atoms with Crippen molar-refractivity contribution in [1.29, 1.82) is 0 Å². The largest absolute Gasteiger partial charge is 0.493 e. The van der Waals surface area contributed by atoms with E-state index in [9.17, 15) is 8.42 Å². The van der Waals surface area contributed by atoms with Gasteiger partial charge in [-0.05, 0) is 17.7 Å². The highest BCUT2D eigenvalue weighted by molar-refractivity contribution is 9.10. The number of fused-ring (bicyclic) bond motifs is 1. The van der Waals surface area contributed by atoms with E-state index in [0.29, 0.717) is 6.61 Å². The Balaban J connectivity index is 2.15. The molecule has 0 saturated heterocycles. The summed E-state index contributed by atoms with van der Waals surface area (Å²) in [7, 11) is -3.50. The molecule has 0 bridgehead atoms. The fourth-order valence-electron chi connectivity index (χ4n) is 1.90. The van der Waals surface area contributed by atoms with Gasteiger partial charge in [0, 0.05) is 23.0 Å². The Morgan fingerprint density at radius 2 is 2.26 bits per heavy atom. The van der Waals surface area contributed by atoms with Crippen LogP contribution in [-0.2, 0) is 23.0 Å². The van der Waals surface area contributed by atoms with Crippen LogP contribution in [0.5, 0.6) is 5.75 Å². The molecule has 0 unspecified atom stereocenters. The lowest BCUT2D eigenvalue weighted by Gasteiger charge is -2.10. The minimum atomic E-state index is -3.50. The maximum absolute atomic E-state index is 11.7. The van der Waals surface area contributed by atoms with Gasteiger partial charge in [0.1, 0.15) is 11.5 Å². The first-order valence-corrected chi connectivity index (χ1v) is 8.42. The van der Waals surface area contributed by atoms with Crippen LogP contribution in [0, 0.1) is 0 Å². The van der Waals surface area contributed by atoms with Crippen molar-refractivity contribution in [3.63, 3.8) is 0 Å². The predicted octanol–water partition coefficient (Wildman–Crippen LogP) is 1.09. The van der Waals surface area contributed by atoms with E-state index in [2.05, 4.69) is 32.9 Å². The normalized spacial score (nSPS) is 13.9. The van der Waals surface area contributed by atoms with Crippen LogP contribution in [0.1, 0.15) is 11.1 Å². The minimum Gasteiger partial charge on any atom is -0.493 e. The lowest BCUT2D eigenvalue weighted by Crippen LogP contribution is -2.32. The van der Waals surface area contributed by atoms with Gasteiger partial charge in [0.25, 0.3) is 0 Å². The monoisotopic (exact) mass is 364 g/mol. The summed E-state index contributed by atoms with van der Waals surface area (Å²) in [6.45, 7) is 0.783. The van der Waals surface area contributed by atoms with Gasteiger partial charge in [0.05, 0.1) is 11.6 Å². The van der Waals surface area contributed by atoms with Gasteiger partial charge in [0.2, 0.25) is 10.0 Å². The minimum absolute atomic E-state index is 0.0526. The number of nitrogens with two attached hydrogens (primary N) is 1. The molecule has 0 aliphatic carbocycles. The topological polar surface area (TPSA) is 81.4 Å². The summed E-state index contributed by atoms with van der Waals surface area (Å²) in [5.41, 5.74) is 7.12. The molecule has 19 heavy (non-hydrogen) atoms. The molecule has 3 N–H and O–H groups in total. The Bertz CT molecular complexity index is 617. The van der Waals surface area contributed by atoms with Crippen molar-refractivity contribution in [2.75, 3.05) is 12.4 Å². The van der Waals surface area contributed by atoms with Crippen molar-refractivity contribution < 1.29 is 13.2 Å². The van der Waals surface area contributed by atoms with Crippen molar-refractivity contribution >= 4 is 43.2 Å². The molecule has 5 nitrogen and oxygen atoms in total. The van der Waals surface area contributed by atoms with Gasteiger partial charge < -0.3 is 10.5 Å². The summed E-state index contributed by atoms with van der Waals surface area (Å²) in [5, 5.41) is 0. The first-order valence-electron chi connectivity index (χ1n) is 5.57. The Morgan fingerprint density at radius 1 is 1.53 bits per heavy atom. The maximum Gasteiger partial charge on any atom is 0.218 e. The molecule has 0 atom stereocenters. The SMILES string of the molecule is NC(=S)CS(=O)(=O)NCc1cc(Br)cc2c1OCC2. The van der Waals surface area contributed by atoms with Crippen LogP contribution in [0.2, 0.25) is 0 Å². The lowest BCUT2D eigenvalue weighted by atomic mass is 10.1. The highest BCUT2D eigenvalue weighted by atomic mass is 79.9. The lowest BCUT2D eigenvalue weighted by molar-refractivity contribution is 0.353. The third-order valence-electron chi connectivity index (χ3n) is 2.64.